The molecule has 0 heterocycles. The van der Waals surface area contributed by atoms with Crippen molar-refractivity contribution in [3.05, 3.63) is 47.5 Å². The van der Waals surface area contributed by atoms with Crippen LogP contribution in [0.25, 0.3) is 0 Å². The first-order valence-corrected chi connectivity index (χ1v) is 13.1. The lowest BCUT2D eigenvalue weighted by Gasteiger charge is -2.23. The molecule has 1 saturated carbocycles. The molecule has 0 aliphatic heterocycles. The Morgan fingerprint density at radius 2 is 1.84 bits per heavy atom. The first kappa shape index (κ1) is 27.2. The molecule has 0 radical (unpaired) electrons. The monoisotopic (exact) mass is 482 g/mol. The molecule has 0 saturated heterocycles. The molecule has 1 aliphatic rings. The number of rotatable bonds is 13. The summed E-state index contributed by atoms with van der Waals surface area (Å²) in [7, 11) is 0. The van der Waals surface area contributed by atoms with Crippen molar-refractivity contribution >= 4 is 29.2 Å². The van der Waals surface area contributed by atoms with Crippen molar-refractivity contribution in [3.8, 4) is 0 Å². The van der Waals surface area contributed by atoms with E-state index in [-0.39, 0.29) is 34.7 Å². The van der Waals surface area contributed by atoms with E-state index in [4.69, 9.17) is 27.9 Å². The van der Waals surface area contributed by atoms with Gasteiger partial charge >= 0.3 is 5.97 Å². The number of alkyl halides is 2. The van der Waals surface area contributed by atoms with Gasteiger partial charge < -0.3 is 9.84 Å². The van der Waals surface area contributed by atoms with Gasteiger partial charge in [-0.25, -0.2) is 0 Å². The third-order valence-corrected chi connectivity index (χ3v) is 7.20. The van der Waals surface area contributed by atoms with Crippen molar-refractivity contribution in [1.82, 2.24) is 0 Å². The highest BCUT2D eigenvalue weighted by Crippen LogP contribution is 2.47. The average Bonchev–Trinajstić information content (AvgIpc) is 3.03. The molecule has 1 aliphatic carbocycles. The van der Waals surface area contributed by atoms with E-state index in [9.17, 15) is 9.90 Å². The van der Waals surface area contributed by atoms with Gasteiger partial charge in [-0.1, -0.05) is 62.6 Å². The van der Waals surface area contributed by atoms with E-state index < -0.39 is 6.10 Å². The molecule has 1 N–H and O–H groups in total. The number of hydrogen-bond donors (Lipinski definition) is 1. The number of carbonyl (C=O) groups is 1. The van der Waals surface area contributed by atoms with Crippen LogP contribution in [-0.4, -0.2) is 27.9 Å². The number of carbonyl (C=O) groups excluding carboxylic acids is 1. The summed E-state index contributed by atoms with van der Waals surface area (Å²) >= 11 is 13.4. The van der Waals surface area contributed by atoms with Crippen molar-refractivity contribution < 1.29 is 14.6 Å². The third-order valence-electron chi connectivity index (χ3n) is 6.25. The largest absolute Gasteiger partial charge is 0.463 e. The Morgan fingerprint density at radius 3 is 2.50 bits per heavy atom. The van der Waals surface area contributed by atoms with Gasteiger partial charge in [0, 0.05) is 23.1 Å². The van der Waals surface area contributed by atoms with E-state index >= 15 is 0 Å². The van der Waals surface area contributed by atoms with Gasteiger partial charge in [-0.2, -0.15) is 0 Å². The van der Waals surface area contributed by atoms with Crippen LogP contribution in [0.1, 0.15) is 102 Å². The molecule has 2 rings (SSSR count). The summed E-state index contributed by atoms with van der Waals surface area (Å²) in [5.41, 5.74) is 2.18. The minimum atomic E-state index is -0.400. The van der Waals surface area contributed by atoms with E-state index in [1.807, 2.05) is 26.0 Å². The van der Waals surface area contributed by atoms with Gasteiger partial charge in [0.25, 0.3) is 0 Å². The van der Waals surface area contributed by atoms with Crippen LogP contribution < -0.4 is 0 Å². The van der Waals surface area contributed by atoms with E-state index in [1.165, 1.54) is 5.56 Å². The Bertz CT molecular complexity index is 701. The van der Waals surface area contributed by atoms with Crippen LogP contribution in [0.15, 0.2) is 36.4 Å². The molecule has 1 unspecified atom stereocenters. The van der Waals surface area contributed by atoms with Gasteiger partial charge in [-0.15, -0.1) is 23.2 Å². The van der Waals surface area contributed by atoms with Gasteiger partial charge in [0.1, 0.15) is 0 Å². The highest BCUT2D eigenvalue weighted by Gasteiger charge is 2.41. The Hall–Kier alpha value is -1.03. The van der Waals surface area contributed by atoms with E-state index in [1.54, 1.807) is 0 Å². The predicted molar refractivity (Wildman–Crippen MR) is 135 cm³/mol. The summed E-state index contributed by atoms with van der Waals surface area (Å²) in [6.45, 7) is 5.91. The van der Waals surface area contributed by atoms with E-state index in [0.29, 0.717) is 6.42 Å². The second-order valence-electron chi connectivity index (χ2n) is 9.27. The minimum absolute atomic E-state index is 0.0158. The summed E-state index contributed by atoms with van der Waals surface area (Å²) < 4.78 is 5.16. The van der Waals surface area contributed by atoms with Crippen LogP contribution in [0, 0.1) is 5.92 Å². The van der Waals surface area contributed by atoms with Crippen molar-refractivity contribution in [2.24, 2.45) is 5.92 Å². The topological polar surface area (TPSA) is 46.5 Å². The van der Waals surface area contributed by atoms with Crippen LogP contribution in [0.3, 0.4) is 0 Å². The number of ether oxygens (including phenoxy) is 1. The van der Waals surface area contributed by atoms with Gasteiger partial charge in [0.15, 0.2) is 0 Å². The number of unbranched alkanes of at least 4 members (excludes halogenated alkanes) is 3. The van der Waals surface area contributed by atoms with Gasteiger partial charge in [-0.05, 0) is 63.0 Å². The fourth-order valence-corrected chi connectivity index (χ4v) is 5.60. The maximum atomic E-state index is 11.6. The summed E-state index contributed by atoms with van der Waals surface area (Å²) in [5.74, 6) is 0.353. The number of hydrogen-bond acceptors (Lipinski definition) is 3. The standard InChI is InChI=1S/C27H40Cl2O3/c1-4-5-8-12-25(30)20-14-16-21(17-15-20)27-22(23(28)18-24(27)29)11-9-6-7-10-13-26(31)32-19(2)3/h6,9,14-17,19,22-25,27,30H,4-5,7-8,10-13,18H2,1-3H3/b9-6-/t22-,23-,24-,25?,27+/m0/s1. The second kappa shape index (κ2) is 14.3. The molecule has 32 heavy (non-hydrogen) atoms. The van der Waals surface area contributed by atoms with Gasteiger partial charge in [-0.3, -0.25) is 4.79 Å². The fraction of sp³-hybridized carbons (Fsp3) is 0.667. The minimum Gasteiger partial charge on any atom is -0.463 e. The molecule has 0 aromatic heterocycles. The molecule has 3 nitrogen and oxygen atoms in total. The van der Waals surface area contributed by atoms with E-state index in [0.717, 1.165) is 56.9 Å². The van der Waals surface area contributed by atoms with Gasteiger partial charge in [0.2, 0.25) is 0 Å². The first-order chi connectivity index (χ1) is 15.3. The van der Waals surface area contributed by atoms with Crippen LogP contribution in [-0.2, 0) is 9.53 Å². The zero-order valence-electron chi connectivity index (χ0n) is 19.8. The summed E-state index contributed by atoms with van der Waals surface area (Å²) in [6, 6.07) is 8.31. The summed E-state index contributed by atoms with van der Waals surface area (Å²) in [6.07, 6.45) is 11.8. The Labute approximate surface area is 204 Å². The third kappa shape index (κ3) is 8.72. The fourth-order valence-electron chi connectivity index (χ4n) is 4.53. The molecule has 1 aromatic rings. The number of allylic oxidation sites excluding steroid dienone is 2. The lowest BCUT2D eigenvalue weighted by Crippen LogP contribution is -2.16. The molecule has 0 spiro atoms. The number of halogens is 2. The Balaban J connectivity index is 1.89. The second-order valence-corrected chi connectivity index (χ2v) is 10.4. The molecule has 1 fully saturated rings. The molecule has 5 atom stereocenters. The molecular weight excluding hydrogens is 443 g/mol. The molecular formula is C27H40Cl2O3. The molecule has 0 amide bonds. The number of aliphatic hydroxyl groups is 1. The maximum Gasteiger partial charge on any atom is 0.306 e. The zero-order chi connectivity index (χ0) is 23.5. The number of esters is 1. The highest BCUT2D eigenvalue weighted by atomic mass is 35.5. The smallest absolute Gasteiger partial charge is 0.306 e. The van der Waals surface area contributed by atoms with Crippen molar-refractivity contribution in [1.29, 1.82) is 0 Å². The zero-order valence-corrected chi connectivity index (χ0v) is 21.3. The highest BCUT2D eigenvalue weighted by molar-refractivity contribution is 6.25. The van der Waals surface area contributed by atoms with Crippen LogP contribution >= 0.6 is 23.2 Å². The van der Waals surface area contributed by atoms with Crippen LogP contribution in [0.4, 0.5) is 0 Å². The molecule has 0 bridgehead atoms. The van der Waals surface area contributed by atoms with Crippen LogP contribution in [0.5, 0.6) is 0 Å². The number of benzene rings is 1. The molecule has 1 aromatic carbocycles. The molecule has 180 valence electrons. The predicted octanol–water partition coefficient (Wildman–Crippen LogP) is 7.69. The summed E-state index contributed by atoms with van der Waals surface area (Å²) in [5, 5.41) is 10.5. The maximum absolute atomic E-state index is 11.6. The lowest BCUT2D eigenvalue weighted by molar-refractivity contribution is -0.147. The lowest BCUT2D eigenvalue weighted by atomic mass is 9.85. The Morgan fingerprint density at radius 1 is 1.12 bits per heavy atom. The Kier molecular flexibility index (Phi) is 12.1. The number of aliphatic hydroxyl groups excluding tert-OH is 1. The van der Waals surface area contributed by atoms with Crippen LogP contribution in [0.2, 0.25) is 0 Å². The van der Waals surface area contributed by atoms with Crippen molar-refractivity contribution in [2.45, 2.75) is 107 Å². The van der Waals surface area contributed by atoms with Crippen molar-refractivity contribution in [3.63, 3.8) is 0 Å². The first-order valence-electron chi connectivity index (χ1n) is 12.2. The average molecular weight is 484 g/mol. The quantitative estimate of drug-likeness (QED) is 0.135. The summed E-state index contributed by atoms with van der Waals surface area (Å²) in [4.78, 5) is 11.6. The van der Waals surface area contributed by atoms with E-state index in [2.05, 4.69) is 31.2 Å². The normalized spacial score (nSPS) is 24.3. The molecule has 5 heteroatoms. The van der Waals surface area contributed by atoms with Crippen molar-refractivity contribution in [2.75, 3.05) is 0 Å². The van der Waals surface area contributed by atoms with Gasteiger partial charge in [0.05, 0.1) is 12.2 Å². The SMILES string of the molecule is CCCCCC(O)c1ccc([C@@H]2[C@@H](C/C=C\CCCC(=O)OC(C)C)[C@@H](Cl)C[C@@H]2Cl)cc1.